The SMILES string of the molecule is Cc1ncsc1-c1noc(CCN)n1. The van der Waals surface area contributed by atoms with Crippen molar-refractivity contribution in [2.24, 2.45) is 5.73 Å². The van der Waals surface area contributed by atoms with Crippen LogP contribution in [0.3, 0.4) is 0 Å². The smallest absolute Gasteiger partial charge is 0.228 e. The Morgan fingerprint density at radius 1 is 1.57 bits per heavy atom. The lowest BCUT2D eigenvalue weighted by Gasteiger charge is -1.87. The summed E-state index contributed by atoms with van der Waals surface area (Å²) in [6, 6.07) is 0. The van der Waals surface area contributed by atoms with Crippen LogP contribution in [-0.2, 0) is 6.42 Å². The van der Waals surface area contributed by atoms with Gasteiger partial charge in [-0.05, 0) is 6.92 Å². The topological polar surface area (TPSA) is 77.8 Å². The van der Waals surface area contributed by atoms with Gasteiger partial charge in [0.1, 0.15) is 0 Å². The highest BCUT2D eigenvalue weighted by Gasteiger charge is 2.11. The standard InChI is InChI=1S/C8H10N4OS/c1-5-7(14-4-10-5)8-11-6(2-3-9)13-12-8/h4H,2-3,9H2,1H3. The molecule has 0 aliphatic heterocycles. The van der Waals surface area contributed by atoms with Crippen molar-refractivity contribution in [1.29, 1.82) is 0 Å². The lowest BCUT2D eigenvalue weighted by atomic mass is 10.4. The van der Waals surface area contributed by atoms with Gasteiger partial charge in [-0.15, -0.1) is 11.3 Å². The van der Waals surface area contributed by atoms with Gasteiger partial charge in [0.2, 0.25) is 11.7 Å². The lowest BCUT2D eigenvalue weighted by molar-refractivity contribution is 0.380. The Morgan fingerprint density at radius 2 is 2.43 bits per heavy atom. The van der Waals surface area contributed by atoms with Crippen molar-refractivity contribution in [3.63, 3.8) is 0 Å². The molecule has 2 rings (SSSR count). The molecule has 0 unspecified atom stereocenters. The molecule has 2 N–H and O–H groups in total. The van der Waals surface area contributed by atoms with Crippen LogP contribution in [-0.4, -0.2) is 21.7 Å². The molecular formula is C8H10N4OS. The minimum absolute atomic E-state index is 0.517. The molecule has 0 radical (unpaired) electrons. The monoisotopic (exact) mass is 210 g/mol. The molecule has 0 fully saturated rings. The Balaban J connectivity index is 2.29. The first-order valence-corrected chi connectivity index (χ1v) is 5.12. The maximum absolute atomic E-state index is 5.38. The zero-order chi connectivity index (χ0) is 9.97. The van der Waals surface area contributed by atoms with Crippen molar-refractivity contribution >= 4 is 11.3 Å². The molecule has 0 atom stereocenters. The minimum Gasteiger partial charge on any atom is -0.339 e. The van der Waals surface area contributed by atoms with E-state index < -0.39 is 0 Å². The van der Waals surface area contributed by atoms with E-state index in [1.165, 1.54) is 11.3 Å². The van der Waals surface area contributed by atoms with Crippen LogP contribution in [0.4, 0.5) is 0 Å². The average Bonchev–Trinajstić information content (AvgIpc) is 2.74. The zero-order valence-corrected chi connectivity index (χ0v) is 8.54. The first-order valence-electron chi connectivity index (χ1n) is 4.24. The predicted molar refractivity (Wildman–Crippen MR) is 52.9 cm³/mol. The molecule has 14 heavy (non-hydrogen) atoms. The van der Waals surface area contributed by atoms with Crippen LogP contribution >= 0.6 is 11.3 Å². The third kappa shape index (κ3) is 1.66. The molecule has 6 heteroatoms. The molecule has 0 aromatic carbocycles. The molecule has 0 spiro atoms. The fourth-order valence-corrected chi connectivity index (χ4v) is 1.82. The van der Waals surface area contributed by atoms with Gasteiger partial charge in [0.15, 0.2) is 0 Å². The number of aryl methyl sites for hydroxylation is 1. The Hall–Kier alpha value is -1.27. The number of aromatic nitrogens is 3. The third-order valence-electron chi connectivity index (χ3n) is 1.77. The van der Waals surface area contributed by atoms with Crippen LogP contribution in [0.5, 0.6) is 0 Å². The fourth-order valence-electron chi connectivity index (χ4n) is 1.09. The summed E-state index contributed by atoms with van der Waals surface area (Å²) < 4.78 is 5.02. The first kappa shape index (κ1) is 9.29. The van der Waals surface area contributed by atoms with E-state index in [0.29, 0.717) is 24.7 Å². The molecule has 2 heterocycles. The molecule has 0 saturated carbocycles. The summed E-state index contributed by atoms with van der Waals surface area (Å²) in [4.78, 5) is 9.29. The van der Waals surface area contributed by atoms with Gasteiger partial charge in [0, 0.05) is 13.0 Å². The molecule has 5 nitrogen and oxygen atoms in total. The fraction of sp³-hybridized carbons (Fsp3) is 0.375. The van der Waals surface area contributed by atoms with E-state index in [9.17, 15) is 0 Å². The minimum atomic E-state index is 0.517. The van der Waals surface area contributed by atoms with Crippen LogP contribution in [0.15, 0.2) is 10.0 Å². The van der Waals surface area contributed by atoms with Gasteiger partial charge in [-0.1, -0.05) is 5.16 Å². The van der Waals surface area contributed by atoms with Crippen LogP contribution in [0.1, 0.15) is 11.6 Å². The van der Waals surface area contributed by atoms with Gasteiger partial charge in [-0.3, -0.25) is 0 Å². The van der Waals surface area contributed by atoms with Crippen LogP contribution in [0.2, 0.25) is 0 Å². The van der Waals surface area contributed by atoms with Gasteiger partial charge in [0.05, 0.1) is 16.1 Å². The third-order valence-corrected chi connectivity index (χ3v) is 2.70. The second kappa shape index (κ2) is 3.85. The molecule has 74 valence electrons. The quantitative estimate of drug-likeness (QED) is 0.817. The molecule has 2 aromatic heterocycles. The van der Waals surface area contributed by atoms with Crippen LogP contribution in [0.25, 0.3) is 10.7 Å². The molecule has 0 aliphatic carbocycles. The molecule has 0 bridgehead atoms. The van der Waals surface area contributed by atoms with Crippen molar-refractivity contribution < 1.29 is 4.52 Å². The summed E-state index contributed by atoms with van der Waals surface area (Å²) >= 11 is 1.51. The van der Waals surface area contributed by atoms with Crippen LogP contribution < -0.4 is 5.73 Å². The molecule has 2 aromatic rings. The van der Waals surface area contributed by atoms with Gasteiger partial charge in [-0.25, -0.2) is 4.98 Å². The van der Waals surface area contributed by atoms with Crippen LogP contribution in [0, 0.1) is 6.92 Å². The van der Waals surface area contributed by atoms with Gasteiger partial charge in [0.25, 0.3) is 0 Å². The van der Waals surface area contributed by atoms with E-state index in [4.69, 9.17) is 10.3 Å². The normalized spacial score (nSPS) is 10.7. The average molecular weight is 210 g/mol. The zero-order valence-electron chi connectivity index (χ0n) is 7.73. The summed E-state index contributed by atoms with van der Waals surface area (Å²) in [6.45, 7) is 2.44. The predicted octanol–water partition coefficient (Wildman–Crippen LogP) is 1.00. The highest BCUT2D eigenvalue weighted by molar-refractivity contribution is 7.13. The Kier molecular flexibility index (Phi) is 2.55. The maximum atomic E-state index is 5.38. The van der Waals surface area contributed by atoms with Crippen molar-refractivity contribution in [2.45, 2.75) is 13.3 Å². The summed E-state index contributed by atoms with van der Waals surface area (Å²) in [5, 5.41) is 3.87. The van der Waals surface area contributed by atoms with E-state index in [1.54, 1.807) is 5.51 Å². The van der Waals surface area contributed by atoms with E-state index >= 15 is 0 Å². The lowest BCUT2D eigenvalue weighted by Crippen LogP contribution is -2.02. The van der Waals surface area contributed by atoms with E-state index in [2.05, 4.69) is 15.1 Å². The Bertz CT molecular complexity index is 422. The summed E-state index contributed by atoms with van der Waals surface area (Å²) in [7, 11) is 0. The largest absolute Gasteiger partial charge is 0.339 e. The molecule has 0 aliphatic rings. The number of hydrogen-bond acceptors (Lipinski definition) is 6. The molecule has 0 amide bonds. The highest BCUT2D eigenvalue weighted by Crippen LogP contribution is 2.23. The molecule has 0 saturated heterocycles. The second-order valence-electron chi connectivity index (χ2n) is 2.82. The van der Waals surface area contributed by atoms with Crippen molar-refractivity contribution in [2.75, 3.05) is 6.54 Å². The summed E-state index contributed by atoms with van der Waals surface area (Å²) in [5.41, 5.74) is 8.07. The first-order chi connectivity index (χ1) is 6.81. The number of rotatable bonds is 3. The summed E-state index contributed by atoms with van der Waals surface area (Å²) in [6.07, 6.45) is 0.616. The number of nitrogens with two attached hydrogens (primary N) is 1. The second-order valence-corrected chi connectivity index (χ2v) is 3.67. The van der Waals surface area contributed by atoms with E-state index in [1.807, 2.05) is 6.92 Å². The van der Waals surface area contributed by atoms with Gasteiger partial charge < -0.3 is 10.3 Å². The highest BCUT2D eigenvalue weighted by atomic mass is 32.1. The van der Waals surface area contributed by atoms with E-state index in [-0.39, 0.29) is 0 Å². The van der Waals surface area contributed by atoms with Gasteiger partial charge in [-0.2, -0.15) is 4.98 Å². The summed E-state index contributed by atoms with van der Waals surface area (Å²) in [5.74, 6) is 1.18. The van der Waals surface area contributed by atoms with Crippen molar-refractivity contribution in [3.8, 4) is 10.7 Å². The number of thiazole rings is 1. The van der Waals surface area contributed by atoms with E-state index in [0.717, 1.165) is 10.6 Å². The number of hydrogen-bond donors (Lipinski definition) is 1. The van der Waals surface area contributed by atoms with Crippen molar-refractivity contribution in [3.05, 3.63) is 17.1 Å². The Morgan fingerprint density at radius 3 is 3.07 bits per heavy atom. The molecular weight excluding hydrogens is 200 g/mol. The van der Waals surface area contributed by atoms with Crippen molar-refractivity contribution in [1.82, 2.24) is 15.1 Å². The Labute approximate surface area is 85.0 Å². The maximum Gasteiger partial charge on any atom is 0.228 e. The van der Waals surface area contributed by atoms with Gasteiger partial charge >= 0.3 is 0 Å². The number of nitrogens with zero attached hydrogens (tertiary/aromatic N) is 3.